The van der Waals surface area contributed by atoms with Crippen molar-refractivity contribution in [3.63, 3.8) is 0 Å². The van der Waals surface area contributed by atoms with E-state index in [0.717, 1.165) is 5.56 Å². The number of ether oxygens (including phenoxy) is 3. The van der Waals surface area contributed by atoms with E-state index >= 15 is 0 Å². The van der Waals surface area contributed by atoms with Crippen LogP contribution >= 0.6 is 0 Å². The highest BCUT2D eigenvalue weighted by atomic mass is 19.3. The molecule has 1 amide bonds. The van der Waals surface area contributed by atoms with Crippen molar-refractivity contribution >= 4 is 5.91 Å². The second-order valence-corrected chi connectivity index (χ2v) is 5.39. The SMILES string of the molecule is O=C(NCCc1ccc(OC(F)F)cc1)c1ccc2c(c1)OCCO2. The number of nitrogens with one attached hydrogen (secondary N) is 1. The molecule has 1 N–H and O–H groups in total. The summed E-state index contributed by atoms with van der Waals surface area (Å²) < 4.78 is 39.3. The minimum Gasteiger partial charge on any atom is -0.486 e. The van der Waals surface area contributed by atoms with Gasteiger partial charge in [0.15, 0.2) is 11.5 Å². The predicted molar refractivity (Wildman–Crippen MR) is 86.5 cm³/mol. The molecule has 2 aromatic rings. The van der Waals surface area contributed by atoms with Crippen LogP contribution in [0.2, 0.25) is 0 Å². The number of hydrogen-bond acceptors (Lipinski definition) is 4. The third-order valence-electron chi connectivity index (χ3n) is 3.65. The molecule has 25 heavy (non-hydrogen) atoms. The Balaban J connectivity index is 1.51. The number of benzene rings is 2. The van der Waals surface area contributed by atoms with E-state index in [2.05, 4.69) is 10.1 Å². The van der Waals surface area contributed by atoms with Gasteiger partial charge in [-0.3, -0.25) is 4.79 Å². The molecule has 0 unspecified atom stereocenters. The summed E-state index contributed by atoms with van der Waals surface area (Å²) in [6, 6.07) is 11.4. The van der Waals surface area contributed by atoms with E-state index in [0.29, 0.717) is 43.2 Å². The van der Waals surface area contributed by atoms with Crippen LogP contribution in [0.25, 0.3) is 0 Å². The van der Waals surface area contributed by atoms with Gasteiger partial charge in [-0.1, -0.05) is 12.1 Å². The summed E-state index contributed by atoms with van der Waals surface area (Å²) >= 11 is 0. The summed E-state index contributed by atoms with van der Waals surface area (Å²) in [6.07, 6.45) is 0.575. The van der Waals surface area contributed by atoms with Gasteiger partial charge in [-0.15, -0.1) is 0 Å². The highest BCUT2D eigenvalue weighted by Crippen LogP contribution is 2.30. The van der Waals surface area contributed by atoms with Crippen molar-refractivity contribution in [2.45, 2.75) is 13.0 Å². The van der Waals surface area contributed by atoms with Gasteiger partial charge in [0, 0.05) is 12.1 Å². The Morgan fingerprint density at radius 1 is 1.08 bits per heavy atom. The highest BCUT2D eigenvalue weighted by Gasteiger charge is 2.14. The number of amides is 1. The monoisotopic (exact) mass is 349 g/mol. The van der Waals surface area contributed by atoms with E-state index < -0.39 is 6.61 Å². The summed E-state index contributed by atoms with van der Waals surface area (Å²) in [7, 11) is 0. The second kappa shape index (κ2) is 7.83. The molecule has 1 aliphatic heterocycles. The average Bonchev–Trinajstić information content (AvgIpc) is 2.62. The lowest BCUT2D eigenvalue weighted by atomic mass is 10.1. The molecule has 0 aliphatic carbocycles. The number of alkyl halides is 2. The number of hydrogen-bond donors (Lipinski definition) is 1. The molecule has 1 heterocycles. The Labute approximate surface area is 143 Å². The van der Waals surface area contributed by atoms with Crippen LogP contribution in [0, 0.1) is 0 Å². The standard InChI is InChI=1S/C18H17F2NO4/c19-18(20)25-14-4-1-12(2-5-14)7-8-21-17(22)13-3-6-15-16(11-13)24-10-9-23-15/h1-6,11,18H,7-10H2,(H,21,22). The van der Waals surface area contributed by atoms with Crippen molar-refractivity contribution in [1.29, 1.82) is 0 Å². The van der Waals surface area contributed by atoms with Gasteiger partial charge in [-0.2, -0.15) is 8.78 Å². The Bertz CT molecular complexity index is 734. The van der Waals surface area contributed by atoms with E-state index in [-0.39, 0.29) is 11.7 Å². The summed E-state index contributed by atoms with van der Waals surface area (Å²) in [5.74, 6) is 1.09. The lowest BCUT2D eigenvalue weighted by molar-refractivity contribution is -0.0498. The van der Waals surface area contributed by atoms with Gasteiger partial charge in [0.2, 0.25) is 0 Å². The smallest absolute Gasteiger partial charge is 0.387 e. The maximum atomic E-state index is 12.2. The molecule has 1 aliphatic rings. The lowest BCUT2D eigenvalue weighted by Gasteiger charge is -2.18. The second-order valence-electron chi connectivity index (χ2n) is 5.39. The summed E-state index contributed by atoms with van der Waals surface area (Å²) in [5.41, 5.74) is 1.40. The maximum Gasteiger partial charge on any atom is 0.387 e. The molecule has 0 saturated heterocycles. The molecule has 5 nitrogen and oxygen atoms in total. The first-order valence-electron chi connectivity index (χ1n) is 7.83. The van der Waals surface area contributed by atoms with Gasteiger partial charge in [0.1, 0.15) is 19.0 Å². The molecule has 0 spiro atoms. The fourth-order valence-electron chi connectivity index (χ4n) is 2.44. The van der Waals surface area contributed by atoms with Gasteiger partial charge in [-0.25, -0.2) is 0 Å². The minimum atomic E-state index is -2.84. The van der Waals surface area contributed by atoms with Gasteiger partial charge in [0.05, 0.1) is 0 Å². The maximum absolute atomic E-state index is 12.2. The topological polar surface area (TPSA) is 56.8 Å². The van der Waals surface area contributed by atoms with Crippen molar-refractivity contribution in [2.24, 2.45) is 0 Å². The summed E-state index contributed by atoms with van der Waals surface area (Å²) in [6.45, 7) is -1.46. The van der Waals surface area contributed by atoms with Crippen molar-refractivity contribution < 1.29 is 27.8 Å². The molecule has 0 bridgehead atoms. The Morgan fingerprint density at radius 3 is 2.52 bits per heavy atom. The van der Waals surface area contributed by atoms with E-state index in [1.807, 2.05) is 0 Å². The van der Waals surface area contributed by atoms with Crippen LogP contribution in [0.5, 0.6) is 17.2 Å². The van der Waals surface area contributed by atoms with Gasteiger partial charge < -0.3 is 19.5 Å². The van der Waals surface area contributed by atoms with Crippen molar-refractivity contribution in [1.82, 2.24) is 5.32 Å². The Morgan fingerprint density at radius 2 is 1.80 bits per heavy atom. The first kappa shape index (κ1) is 17.0. The fourth-order valence-corrected chi connectivity index (χ4v) is 2.44. The average molecular weight is 349 g/mol. The molecule has 0 saturated carbocycles. The summed E-state index contributed by atoms with van der Waals surface area (Å²) in [5, 5.41) is 2.81. The molecule has 2 aromatic carbocycles. The van der Waals surface area contributed by atoms with Gasteiger partial charge >= 0.3 is 6.61 Å². The number of rotatable bonds is 6. The van der Waals surface area contributed by atoms with Crippen LogP contribution in [0.15, 0.2) is 42.5 Å². The van der Waals surface area contributed by atoms with Crippen molar-refractivity contribution in [3.05, 3.63) is 53.6 Å². The van der Waals surface area contributed by atoms with Crippen LogP contribution in [0.1, 0.15) is 15.9 Å². The van der Waals surface area contributed by atoms with E-state index in [1.165, 1.54) is 12.1 Å². The molecular weight excluding hydrogens is 332 g/mol. The molecule has 132 valence electrons. The quantitative estimate of drug-likeness (QED) is 0.871. The molecule has 0 atom stereocenters. The largest absolute Gasteiger partial charge is 0.486 e. The molecule has 0 radical (unpaired) electrons. The van der Waals surface area contributed by atoms with Crippen LogP contribution in [0.4, 0.5) is 8.78 Å². The number of carbonyl (C=O) groups excluding carboxylic acids is 1. The zero-order chi connectivity index (χ0) is 17.6. The van der Waals surface area contributed by atoms with E-state index in [4.69, 9.17) is 9.47 Å². The number of carbonyl (C=O) groups is 1. The third-order valence-corrected chi connectivity index (χ3v) is 3.65. The number of fused-ring (bicyclic) bond motifs is 1. The molecule has 0 fully saturated rings. The molecule has 0 aromatic heterocycles. The van der Waals surface area contributed by atoms with Gasteiger partial charge in [0.25, 0.3) is 5.91 Å². The Kier molecular flexibility index (Phi) is 5.33. The van der Waals surface area contributed by atoms with E-state index in [1.54, 1.807) is 30.3 Å². The first-order valence-corrected chi connectivity index (χ1v) is 7.83. The van der Waals surface area contributed by atoms with Crippen LogP contribution in [-0.4, -0.2) is 32.3 Å². The minimum absolute atomic E-state index is 0.110. The Hall–Kier alpha value is -2.83. The predicted octanol–water partition coefficient (Wildman–Crippen LogP) is 3.03. The fraction of sp³-hybridized carbons (Fsp3) is 0.278. The van der Waals surface area contributed by atoms with Gasteiger partial charge in [-0.05, 0) is 42.3 Å². The van der Waals surface area contributed by atoms with Crippen LogP contribution in [0.3, 0.4) is 0 Å². The van der Waals surface area contributed by atoms with Crippen molar-refractivity contribution in [2.75, 3.05) is 19.8 Å². The van der Waals surface area contributed by atoms with Crippen molar-refractivity contribution in [3.8, 4) is 17.2 Å². The zero-order valence-electron chi connectivity index (χ0n) is 13.3. The first-order chi connectivity index (χ1) is 12.1. The number of halogens is 2. The lowest BCUT2D eigenvalue weighted by Crippen LogP contribution is -2.26. The zero-order valence-corrected chi connectivity index (χ0v) is 13.3. The third kappa shape index (κ3) is 4.59. The van der Waals surface area contributed by atoms with Crippen LogP contribution < -0.4 is 19.5 Å². The normalized spacial score (nSPS) is 12.8. The van der Waals surface area contributed by atoms with Crippen LogP contribution in [-0.2, 0) is 6.42 Å². The molecule has 7 heteroatoms. The molecular formula is C18H17F2NO4. The summed E-state index contributed by atoms with van der Waals surface area (Å²) in [4.78, 5) is 12.2. The van der Waals surface area contributed by atoms with E-state index in [9.17, 15) is 13.6 Å². The molecule has 3 rings (SSSR count). The highest BCUT2D eigenvalue weighted by molar-refractivity contribution is 5.94.